The van der Waals surface area contributed by atoms with Gasteiger partial charge in [0.05, 0.1) is 11.2 Å². The van der Waals surface area contributed by atoms with Crippen molar-refractivity contribution in [1.29, 1.82) is 0 Å². The van der Waals surface area contributed by atoms with Gasteiger partial charge in [-0.05, 0) is 63.6 Å². The number of benzene rings is 4. The van der Waals surface area contributed by atoms with Crippen molar-refractivity contribution in [1.82, 2.24) is 4.98 Å². The van der Waals surface area contributed by atoms with Gasteiger partial charge in [-0.3, -0.25) is 0 Å². The molecule has 0 aliphatic carbocycles. The van der Waals surface area contributed by atoms with Crippen LogP contribution < -0.4 is 0 Å². The van der Waals surface area contributed by atoms with Gasteiger partial charge in [-0.25, -0.2) is 4.98 Å². The molecular weight excluding hydrogens is 430 g/mol. The Balaban J connectivity index is 1.79. The van der Waals surface area contributed by atoms with E-state index in [1.807, 2.05) is 11.3 Å². The number of aromatic nitrogens is 1. The molecule has 1 nitrogen and oxygen atoms in total. The quantitative estimate of drug-likeness (QED) is 0.251. The lowest BCUT2D eigenvalue weighted by Gasteiger charge is -2.23. The minimum absolute atomic E-state index is 0.0348. The summed E-state index contributed by atoms with van der Waals surface area (Å²) in [6, 6.07) is 29.0. The van der Waals surface area contributed by atoms with E-state index in [-0.39, 0.29) is 5.41 Å². The molecule has 0 spiro atoms. The summed E-state index contributed by atoms with van der Waals surface area (Å²) in [7, 11) is 0. The molecule has 0 bridgehead atoms. The van der Waals surface area contributed by atoms with E-state index in [9.17, 15) is 0 Å². The molecule has 168 valence electrons. The van der Waals surface area contributed by atoms with Crippen LogP contribution in [0.5, 0.6) is 0 Å². The second-order valence-corrected chi connectivity index (χ2v) is 11.7. The highest BCUT2D eigenvalue weighted by atomic mass is 32.1. The van der Waals surface area contributed by atoms with Crippen LogP contribution in [0.4, 0.5) is 0 Å². The fourth-order valence-corrected chi connectivity index (χ4v) is 6.33. The molecule has 0 unspecified atom stereocenters. The minimum Gasteiger partial charge on any atom is -0.247 e. The molecule has 0 saturated heterocycles. The largest absolute Gasteiger partial charge is 0.247 e. The molecule has 2 aromatic heterocycles. The van der Waals surface area contributed by atoms with Gasteiger partial charge in [0.1, 0.15) is 0 Å². The van der Waals surface area contributed by atoms with Crippen molar-refractivity contribution in [3.63, 3.8) is 0 Å². The Morgan fingerprint density at radius 1 is 0.765 bits per heavy atom. The first-order chi connectivity index (χ1) is 16.3. The second kappa shape index (κ2) is 7.65. The standard InChI is InChI=1S/C32H29NS/c1-19(2)20-14-15-28-25(17-20)29-30(33-27-13-9-8-12-24(27)31(29)34-28)22-16-21-10-6-7-11-23(21)26(18-22)32(3,4)5/h6-19H,1-5H3. The normalized spacial score (nSPS) is 12.5. The molecule has 6 rings (SSSR count). The average Bonchev–Trinajstić information content (AvgIpc) is 3.21. The van der Waals surface area contributed by atoms with E-state index in [0.717, 1.165) is 11.2 Å². The molecule has 0 aliphatic rings. The van der Waals surface area contributed by atoms with Gasteiger partial charge in [0.15, 0.2) is 0 Å². The van der Waals surface area contributed by atoms with Gasteiger partial charge in [-0.15, -0.1) is 11.3 Å². The third-order valence-electron chi connectivity index (χ3n) is 6.94. The van der Waals surface area contributed by atoms with Crippen molar-refractivity contribution in [2.24, 2.45) is 0 Å². The topological polar surface area (TPSA) is 12.9 Å². The Labute approximate surface area is 205 Å². The molecule has 0 atom stereocenters. The van der Waals surface area contributed by atoms with Crippen molar-refractivity contribution >= 4 is 53.2 Å². The van der Waals surface area contributed by atoms with E-state index in [1.165, 1.54) is 53.0 Å². The molecule has 2 heterocycles. The summed E-state index contributed by atoms with van der Waals surface area (Å²) in [4.78, 5) is 5.31. The molecule has 0 radical (unpaired) electrons. The number of nitrogens with zero attached hydrogens (tertiary/aromatic N) is 1. The number of hydrogen-bond donors (Lipinski definition) is 0. The Hall–Kier alpha value is -3.23. The molecule has 0 fully saturated rings. The van der Waals surface area contributed by atoms with Crippen LogP contribution in [-0.4, -0.2) is 4.98 Å². The molecule has 4 aromatic carbocycles. The maximum absolute atomic E-state index is 5.31. The van der Waals surface area contributed by atoms with Crippen molar-refractivity contribution in [2.75, 3.05) is 0 Å². The summed E-state index contributed by atoms with van der Waals surface area (Å²) < 4.78 is 2.66. The van der Waals surface area contributed by atoms with Crippen LogP contribution in [0.2, 0.25) is 0 Å². The first-order valence-corrected chi connectivity index (χ1v) is 12.9. The SMILES string of the molecule is CC(C)c1ccc2sc3c4ccccc4nc(-c4cc(C(C)(C)C)c5ccccc5c4)c3c2c1. The zero-order valence-electron chi connectivity index (χ0n) is 20.4. The molecule has 2 heteroatoms. The van der Waals surface area contributed by atoms with Crippen molar-refractivity contribution in [3.05, 3.63) is 90.0 Å². The fourth-order valence-electron chi connectivity index (χ4n) is 5.12. The van der Waals surface area contributed by atoms with Crippen LogP contribution in [0.25, 0.3) is 53.1 Å². The highest BCUT2D eigenvalue weighted by molar-refractivity contribution is 7.26. The number of para-hydroxylation sites is 1. The summed E-state index contributed by atoms with van der Waals surface area (Å²) in [6.45, 7) is 11.4. The van der Waals surface area contributed by atoms with E-state index in [1.54, 1.807) is 0 Å². The van der Waals surface area contributed by atoms with Crippen LogP contribution in [0.3, 0.4) is 0 Å². The zero-order valence-corrected chi connectivity index (χ0v) is 21.3. The van der Waals surface area contributed by atoms with Crippen LogP contribution in [0, 0.1) is 0 Å². The summed E-state index contributed by atoms with van der Waals surface area (Å²) in [5.74, 6) is 0.490. The van der Waals surface area contributed by atoms with Gasteiger partial charge < -0.3 is 0 Å². The second-order valence-electron chi connectivity index (χ2n) is 10.7. The number of rotatable bonds is 2. The molecule has 0 N–H and O–H groups in total. The van der Waals surface area contributed by atoms with Gasteiger partial charge in [-0.1, -0.05) is 83.1 Å². The smallest absolute Gasteiger partial charge is 0.0803 e. The van der Waals surface area contributed by atoms with Crippen LogP contribution in [-0.2, 0) is 5.41 Å². The van der Waals surface area contributed by atoms with Crippen LogP contribution >= 0.6 is 11.3 Å². The summed E-state index contributed by atoms with van der Waals surface area (Å²) in [5, 5.41) is 6.45. The predicted molar refractivity (Wildman–Crippen MR) is 150 cm³/mol. The summed E-state index contributed by atoms with van der Waals surface area (Å²) >= 11 is 1.89. The zero-order chi connectivity index (χ0) is 23.6. The van der Waals surface area contributed by atoms with E-state index < -0.39 is 0 Å². The highest BCUT2D eigenvalue weighted by Crippen LogP contribution is 2.44. The first-order valence-electron chi connectivity index (χ1n) is 12.1. The van der Waals surface area contributed by atoms with Crippen molar-refractivity contribution < 1.29 is 0 Å². The number of fused-ring (bicyclic) bond motifs is 6. The average molecular weight is 460 g/mol. The molecule has 0 amide bonds. The van der Waals surface area contributed by atoms with E-state index >= 15 is 0 Å². The van der Waals surface area contributed by atoms with Gasteiger partial charge in [0, 0.05) is 31.1 Å². The Morgan fingerprint density at radius 3 is 2.26 bits per heavy atom. The monoisotopic (exact) mass is 459 g/mol. The third-order valence-corrected chi connectivity index (χ3v) is 8.14. The summed E-state index contributed by atoms with van der Waals surface area (Å²) in [5.41, 5.74) is 6.14. The fraction of sp³-hybridized carbons (Fsp3) is 0.219. The number of pyridine rings is 1. The highest BCUT2D eigenvalue weighted by Gasteiger charge is 2.21. The maximum Gasteiger partial charge on any atom is 0.0803 e. The van der Waals surface area contributed by atoms with Crippen LogP contribution in [0.15, 0.2) is 78.9 Å². The number of hydrogen-bond acceptors (Lipinski definition) is 2. The van der Waals surface area contributed by atoms with Crippen LogP contribution in [0.1, 0.15) is 51.7 Å². The van der Waals surface area contributed by atoms with Gasteiger partial charge in [0.2, 0.25) is 0 Å². The summed E-state index contributed by atoms with van der Waals surface area (Å²) in [6.07, 6.45) is 0. The molecule has 34 heavy (non-hydrogen) atoms. The predicted octanol–water partition coefficient (Wildman–Crippen LogP) is 9.84. The lowest BCUT2D eigenvalue weighted by atomic mass is 9.82. The number of thiophene rings is 1. The van der Waals surface area contributed by atoms with Crippen molar-refractivity contribution in [2.45, 2.75) is 46.0 Å². The van der Waals surface area contributed by atoms with E-state index in [2.05, 4.69) is 113 Å². The van der Waals surface area contributed by atoms with E-state index in [0.29, 0.717) is 5.92 Å². The molecule has 0 aliphatic heterocycles. The Morgan fingerprint density at radius 2 is 1.50 bits per heavy atom. The molecule has 0 saturated carbocycles. The first kappa shape index (κ1) is 21.3. The van der Waals surface area contributed by atoms with Gasteiger partial charge in [0.25, 0.3) is 0 Å². The van der Waals surface area contributed by atoms with Gasteiger partial charge in [-0.2, -0.15) is 0 Å². The Kier molecular flexibility index (Phi) is 4.79. The lowest BCUT2D eigenvalue weighted by Crippen LogP contribution is -2.12. The minimum atomic E-state index is 0.0348. The Bertz CT molecular complexity index is 1710. The van der Waals surface area contributed by atoms with Gasteiger partial charge >= 0.3 is 0 Å². The van der Waals surface area contributed by atoms with E-state index in [4.69, 9.17) is 4.98 Å². The van der Waals surface area contributed by atoms with Crippen molar-refractivity contribution in [3.8, 4) is 11.3 Å². The maximum atomic E-state index is 5.31. The lowest BCUT2D eigenvalue weighted by molar-refractivity contribution is 0.596. The molecular formula is C32H29NS. The molecule has 6 aromatic rings. The third kappa shape index (κ3) is 3.32.